The summed E-state index contributed by atoms with van der Waals surface area (Å²) in [6.07, 6.45) is 1.91. The average molecular weight is 417 g/mol. The molecule has 1 aliphatic rings. The van der Waals surface area contributed by atoms with Crippen molar-refractivity contribution in [2.75, 3.05) is 13.1 Å². The minimum Gasteiger partial charge on any atom is -0.389 e. The number of nitrogens with zero attached hydrogens (tertiary/aromatic N) is 4. The van der Waals surface area contributed by atoms with E-state index < -0.39 is 5.60 Å². The summed E-state index contributed by atoms with van der Waals surface area (Å²) in [4.78, 5) is 7.24. The van der Waals surface area contributed by atoms with Gasteiger partial charge in [0.2, 0.25) is 0 Å². The Morgan fingerprint density at radius 1 is 1.03 bits per heavy atom. The molecule has 0 aliphatic carbocycles. The van der Waals surface area contributed by atoms with E-state index in [0.717, 1.165) is 54.5 Å². The highest BCUT2D eigenvalue weighted by atomic mass is 16.5. The van der Waals surface area contributed by atoms with Gasteiger partial charge in [0.1, 0.15) is 17.3 Å². The Morgan fingerprint density at radius 2 is 1.77 bits per heavy atom. The maximum Gasteiger partial charge on any atom is 0.140 e. The van der Waals surface area contributed by atoms with Gasteiger partial charge in [0, 0.05) is 37.7 Å². The van der Waals surface area contributed by atoms with Crippen LogP contribution in [0.2, 0.25) is 0 Å². The predicted octanol–water partition coefficient (Wildman–Crippen LogP) is 4.28. The molecule has 1 N–H and O–H groups in total. The van der Waals surface area contributed by atoms with Gasteiger partial charge in [0.25, 0.3) is 0 Å². The third kappa shape index (κ3) is 4.13. The number of para-hydroxylation sites is 2. The summed E-state index contributed by atoms with van der Waals surface area (Å²) in [6, 6.07) is 20.2. The third-order valence-electron chi connectivity index (χ3n) is 6.33. The molecule has 1 fully saturated rings. The summed E-state index contributed by atoms with van der Waals surface area (Å²) < 4.78 is 7.82. The number of piperidine rings is 1. The van der Waals surface area contributed by atoms with Crippen LogP contribution in [0.3, 0.4) is 0 Å². The molecule has 0 amide bonds. The first-order chi connectivity index (χ1) is 15.1. The smallest absolute Gasteiger partial charge is 0.140 e. The summed E-state index contributed by atoms with van der Waals surface area (Å²) in [5.41, 5.74) is 3.32. The molecule has 0 saturated carbocycles. The van der Waals surface area contributed by atoms with Crippen molar-refractivity contribution < 1.29 is 9.63 Å². The molecule has 160 valence electrons. The van der Waals surface area contributed by atoms with Gasteiger partial charge < -0.3 is 14.2 Å². The van der Waals surface area contributed by atoms with Gasteiger partial charge in [-0.2, -0.15) is 0 Å². The highest BCUT2D eigenvalue weighted by Gasteiger charge is 2.34. The predicted molar refractivity (Wildman–Crippen MR) is 121 cm³/mol. The molecule has 6 heteroatoms. The van der Waals surface area contributed by atoms with Gasteiger partial charge in [0.15, 0.2) is 0 Å². The van der Waals surface area contributed by atoms with Gasteiger partial charge in [0.05, 0.1) is 23.2 Å². The lowest BCUT2D eigenvalue weighted by Gasteiger charge is -2.37. The van der Waals surface area contributed by atoms with E-state index in [4.69, 9.17) is 9.51 Å². The van der Waals surface area contributed by atoms with Gasteiger partial charge in [-0.15, -0.1) is 0 Å². The first-order valence-electron chi connectivity index (χ1n) is 11.0. The lowest BCUT2D eigenvalue weighted by Crippen LogP contribution is -2.45. The minimum atomic E-state index is -0.755. The molecular formula is C25H28N4O2. The highest BCUT2D eigenvalue weighted by molar-refractivity contribution is 5.75. The van der Waals surface area contributed by atoms with Crippen molar-refractivity contribution in [1.82, 2.24) is 19.6 Å². The van der Waals surface area contributed by atoms with Crippen LogP contribution in [0, 0.1) is 0 Å². The lowest BCUT2D eigenvalue weighted by molar-refractivity contribution is -0.0271. The van der Waals surface area contributed by atoms with Crippen LogP contribution in [-0.2, 0) is 19.5 Å². The SMILES string of the molecule is CCn1c(CN2CCC(O)(Cc3cc(-c4ccccc4)no3)CC2)nc2ccccc21. The number of benzene rings is 2. The Morgan fingerprint density at radius 3 is 2.55 bits per heavy atom. The number of hydrogen-bond acceptors (Lipinski definition) is 5. The Bertz CT molecular complexity index is 1160. The van der Waals surface area contributed by atoms with E-state index in [1.165, 1.54) is 5.52 Å². The monoisotopic (exact) mass is 416 g/mol. The van der Waals surface area contributed by atoms with Crippen molar-refractivity contribution in [3.63, 3.8) is 0 Å². The molecular weight excluding hydrogens is 388 g/mol. The van der Waals surface area contributed by atoms with E-state index in [0.29, 0.717) is 19.3 Å². The van der Waals surface area contributed by atoms with Crippen LogP contribution in [0.25, 0.3) is 22.3 Å². The molecule has 0 radical (unpaired) electrons. The fraction of sp³-hybridized carbons (Fsp3) is 0.360. The van der Waals surface area contributed by atoms with E-state index in [-0.39, 0.29) is 0 Å². The average Bonchev–Trinajstić information content (AvgIpc) is 3.40. The molecule has 31 heavy (non-hydrogen) atoms. The van der Waals surface area contributed by atoms with Crippen LogP contribution in [-0.4, -0.2) is 43.4 Å². The van der Waals surface area contributed by atoms with Gasteiger partial charge in [-0.05, 0) is 31.9 Å². The molecule has 1 saturated heterocycles. The zero-order valence-electron chi connectivity index (χ0n) is 17.9. The summed E-state index contributed by atoms with van der Waals surface area (Å²) in [5, 5.41) is 15.4. The van der Waals surface area contributed by atoms with Gasteiger partial charge in [-0.25, -0.2) is 4.98 Å². The number of aliphatic hydroxyl groups is 1. The molecule has 6 nitrogen and oxygen atoms in total. The van der Waals surface area contributed by atoms with Crippen LogP contribution in [0.4, 0.5) is 0 Å². The second kappa shape index (κ2) is 8.29. The van der Waals surface area contributed by atoms with E-state index in [9.17, 15) is 5.11 Å². The zero-order valence-corrected chi connectivity index (χ0v) is 17.9. The molecule has 2 aromatic heterocycles. The summed E-state index contributed by atoms with van der Waals surface area (Å²) >= 11 is 0. The topological polar surface area (TPSA) is 67.3 Å². The second-order valence-electron chi connectivity index (χ2n) is 8.48. The molecule has 4 aromatic rings. The van der Waals surface area contributed by atoms with Crippen molar-refractivity contribution in [2.45, 2.75) is 44.9 Å². The van der Waals surface area contributed by atoms with Crippen LogP contribution in [0.15, 0.2) is 65.2 Å². The number of likely N-dealkylation sites (tertiary alicyclic amines) is 1. The van der Waals surface area contributed by atoms with Gasteiger partial charge >= 0.3 is 0 Å². The first kappa shape index (κ1) is 20.0. The number of fused-ring (bicyclic) bond motifs is 1. The molecule has 5 rings (SSSR count). The Hall–Kier alpha value is -2.96. The maximum absolute atomic E-state index is 11.2. The molecule has 1 aliphatic heterocycles. The van der Waals surface area contributed by atoms with E-state index in [2.05, 4.69) is 39.7 Å². The fourth-order valence-corrected chi connectivity index (χ4v) is 4.57. The number of aromatic nitrogens is 3. The number of aryl methyl sites for hydroxylation is 1. The molecule has 0 unspecified atom stereocenters. The molecule has 0 spiro atoms. The fourth-order valence-electron chi connectivity index (χ4n) is 4.57. The Balaban J connectivity index is 1.23. The number of rotatable bonds is 6. The Kier molecular flexibility index (Phi) is 5.34. The third-order valence-corrected chi connectivity index (χ3v) is 6.33. The summed E-state index contributed by atoms with van der Waals surface area (Å²) in [6.45, 7) is 5.54. The molecule has 3 heterocycles. The van der Waals surface area contributed by atoms with E-state index in [1.807, 2.05) is 42.5 Å². The largest absolute Gasteiger partial charge is 0.389 e. The maximum atomic E-state index is 11.2. The van der Waals surface area contributed by atoms with Gasteiger partial charge in [-0.1, -0.05) is 47.6 Å². The van der Waals surface area contributed by atoms with Crippen molar-refractivity contribution in [3.05, 3.63) is 72.2 Å². The zero-order chi connectivity index (χ0) is 21.3. The number of hydrogen-bond donors (Lipinski definition) is 1. The molecule has 0 bridgehead atoms. The van der Waals surface area contributed by atoms with Crippen molar-refractivity contribution in [3.8, 4) is 11.3 Å². The lowest BCUT2D eigenvalue weighted by atomic mass is 9.87. The van der Waals surface area contributed by atoms with Gasteiger partial charge in [-0.3, -0.25) is 4.90 Å². The number of imidazole rings is 1. The summed E-state index contributed by atoms with van der Waals surface area (Å²) in [5.74, 6) is 1.83. The van der Waals surface area contributed by atoms with E-state index >= 15 is 0 Å². The Labute approximate surface area is 182 Å². The van der Waals surface area contributed by atoms with E-state index in [1.54, 1.807) is 0 Å². The molecule has 2 aromatic carbocycles. The normalized spacial score (nSPS) is 16.7. The summed E-state index contributed by atoms with van der Waals surface area (Å²) in [7, 11) is 0. The second-order valence-corrected chi connectivity index (χ2v) is 8.48. The van der Waals surface area contributed by atoms with Crippen molar-refractivity contribution in [2.24, 2.45) is 0 Å². The standard InChI is InChI=1S/C25H28N4O2/c1-2-29-23-11-7-6-10-21(23)26-24(29)18-28-14-12-25(30,13-15-28)17-20-16-22(27-31-20)19-8-4-3-5-9-19/h3-11,16,30H,2,12-15,17-18H2,1H3. The van der Waals surface area contributed by atoms with Crippen molar-refractivity contribution in [1.29, 1.82) is 0 Å². The first-order valence-corrected chi connectivity index (χ1v) is 11.0. The molecule has 0 atom stereocenters. The van der Waals surface area contributed by atoms with Crippen LogP contribution >= 0.6 is 0 Å². The van der Waals surface area contributed by atoms with Crippen LogP contribution < -0.4 is 0 Å². The van der Waals surface area contributed by atoms with Crippen LogP contribution in [0.5, 0.6) is 0 Å². The van der Waals surface area contributed by atoms with Crippen LogP contribution in [0.1, 0.15) is 31.4 Å². The highest BCUT2D eigenvalue weighted by Crippen LogP contribution is 2.29. The van der Waals surface area contributed by atoms with Crippen molar-refractivity contribution >= 4 is 11.0 Å². The quantitative estimate of drug-likeness (QED) is 0.508. The minimum absolute atomic E-state index is 0.494.